The third-order valence-corrected chi connectivity index (χ3v) is 3.01. The molecule has 1 N–H and O–H groups in total. The number of likely N-dealkylation sites (N-methyl/N-ethyl adjacent to an activating group) is 1. The van der Waals surface area contributed by atoms with E-state index < -0.39 is 0 Å². The molecule has 1 aliphatic heterocycles. The molecule has 0 spiro atoms. The summed E-state index contributed by atoms with van der Waals surface area (Å²) in [6, 6.07) is 0. The van der Waals surface area contributed by atoms with Crippen molar-refractivity contribution >= 4 is 12.2 Å². The molecule has 0 amide bonds. The molecule has 0 aliphatic carbocycles. The third-order valence-electron chi connectivity index (χ3n) is 3.01. The van der Waals surface area contributed by atoms with Crippen molar-refractivity contribution in [2.24, 2.45) is 0 Å². The number of hydrogen-bond acceptors (Lipinski definition) is 1. The SMILES string of the molecule is C=C/C=c1/c2c([nH]/c1=C/C)CN(C)CC2. The number of nitrogens with one attached hydrogen (secondary N) is 1. The van der Waals surface area contributed by atoms with E-state index >= 15 is 0 Å². The first-order valence-electron chi connectivity index (χ1n) is 5.43. The Balaban J connectivity index is 2.65. The van der Waals surface area contributed by atoms with Gasteiger partial charge in [0.2, 0.25) is 0 Å². The van der Waals surface area contributed by atoms with Crippen molar-refractivity contribution in [3.8, 4) is 0 Å². The summed E-state index contributed by atoms with van der Waals surface area (Å²) < 4.78 is 0. The molecule has 0 saturated carbocycles. The predicted octanol–water partition coefficient (Wildman–Crippen LogP) is 0.769. The van der Waals surface area contributed by atoms with Gasteiger partial charge >= 0.3 is 0 Å². The van der Waals surface area contributed by atoms with Gasteiger partial charge in [0.1, 0.15) is 0 Å². The maximum Gasteiger partial charge on any atom is 0.0415 e. The molecule has 0 radical (unpaired) electrons. The fourth-order valence-electron chi connectivity index (χ4n) is 2.24. The molecule has 0 bridgehead atoms. The molecule has 0 fully saturated rings. The van der Waals surface area contributed by atoms with E-state index in [2.05, 4.69) is 42.6 Å². The van der Waals surface area contributed by atoms with Crippen LogP contribution in [0.25, 0.3) is 12.2 Å². The van der Waals surface area contributed by atoms with Crippen LogP contribution in [0.15, 0.2) is 12.7 Å². The first-order valence-corrected chi connectivity index (χ1v) is 5.43. The quantitative estimate of drug-likeness (QED) is 0.712. The average Bonchev–Trinajstić information content (AvgIpc) is 2.56. The lowest BCUT2D eigenvalue weighted by molar-refractivity contribution is 0.309. The van der Waals surface area contributed by atoms with Crippen molar-refractivity contribution in [3.05, 3.63) is 34.5 Å². The van der Waals surface area contributed by atoms with Gasteiger partial charge in [-0.2, -0.15) is 0 Å². The average molecular weight is 202 g/mol. The molecule has 1 aromatic heterocycles. The van der Waals surface area contributed by atoms with Gasteiger partial charge in [-0.05, 0) is 26.0 Å². The van der Waals surface area contributed by atoms with E-state index in [1.54, 1.807) is 0 Å². The van der Waals surface area contributed by atoms with Crippen LogP contribution in [0.1, 0.15) is 18.2 Å². The largest absolute Gasteiger partial charge is 0.357 e. The summed E-state index contributed by atoms with van der Waals surface area (Å²) in [6.45, 7) is 8.03. The van der Waals surface area contributed by atoms with E-state index in [0.717, 1.165) is 19.5 Å². The van der Waals surface area contributed by atoms with E-state index in [1.165, 1.54) is 21.8 Å². The first kappa shape index (κ1) is 10.2. The molecule has 0 atom stereocenters. The molecule has 1 aromatic rings. The van der Waals surface area contributed by atoms with E-state index in [9.17, 15) is 0 Å². The first-order chi connectivity index (χ1) is 7.26. The van der Waals surface area contributed by atoms with Crippen LogP contribution in [-0.2, 0) is 13.0 Å². The Bertz CT molecular complexity index is 479. The van der Waals surface area contributed by atoms with Crippen LogP contribution < -0.4 is 10.6 Å². The second-order valence-corrected chi connectivity index (χ2v) is 4.09. The summed E-state index contributed by atoms with van der Waals surface area (Å²) in [5.74, 6) is 0. The van der Waals surface area contributed by atoms with Crippen LogP contribution in [0.4, 0.5) is 0 Å². The van der Waals surface area contributed by atoms with Gasteiger partial charge in [0.25, 0.3) is 0 Å². The number of H-pyrrole nitrogens is 1. The fraction of sp³-hybridized carbons (Fsp3) is 0.385. The van der Waals surface area contributed by atoms with Crippen LogP contribution in [0.3, 0.4) is 0 Å². The van der Waals surface area contributed by atoms with E-state index in [0.29, 0.717) is 0 Å². The minimum Gasteiger partial charge on any atom is -0.357 e. The Labute approximate surface area is 90.6 Å². The molecular formula is C13H18N2. The number of aromatic nitrogens is 1. The molecule has 15 heavy (non-hydrogen) atoms. The highest BCUT2D eigenvalue weighted by molar-refractivity contribution is 5.43. The topological polar surface area (TPSA) is 19.0 Å². The lowest BCUT2D eigenvalue weighted by Gasteiger charge is -2.21. The van der Waals surface area contributed by atoms with Crippen molar-refractivity contribution in [1.29, 1.82) is 0 Å². The van der Waals surface area contributed by atoms with Gasteiger partial charge < -0.3 is 9.88 Å². The summed E-state index contributed by atoms with van der Waals surface area (Å²) in [5.41, 5.74) is 2.84. The number of rotatable bonds is 1. The summed E-state index contributed by atoms with van der Waals surface area (Å²) in [7, 11) is 2.16. The maximum atomic E-state index is 3.78. The van der Waals surface area contributed by atoms with Crippen molar-refractivity contribution in [1.82, 2.24) is 9.88 Å². The Hall–Kier alpha value is -1.28. The molecule has 2 heterocycles. The zero-order valence-electron chi connectivity index (χ0n) is 9.51. The fourth-order valence-corrected chi connectivity index (χ4v) is 2.24. The monoisotopic (exact) mass is 202 g/mol. The zero-order chi connectivity index (χ0) is 10.8. The van der Waals surface area contributed by atoms with Gasteiger partial charge in [0.15, 0.2) is 0 Å². The Kier molecular flexibility index (Phi) is 2.78. The molecule has 1 aliphatic rings. The van der Waals surface area contributed by atoms with Gasteiger partial charge in [0.05, 0.1) is 0 Å². The van der Waals surface area contributed by atoms with Gasteiger partial charge in [-0.25, -0.2) is 0 Å². The van der Waals surface area contributed by atoms with Gasteiger partial charge in [0, 0.05) is 29.4 Å². The minimum absolute atomic E-state index is 1.03. The van der Waals surface area contributed by atoms with Crippen molar-refractivity contribution < 1.29 is 0 Å². The Morgan fingerprint density at radius 3 is 2.93 bits per heavy atom. The Morgan fingerprint density at radius 2 is 2.27 bits per heavy atom. The maximum absolute atomic E-state index is 3.78. The second kappa shape index (κ2) is 4.07. The Morgan fingerprint density at radius 1 is 1.47 bits per heavy atom. The number of fused-ring (bicyclic) bond motifs is 1. The highest BCUT2D eigenvalue weighted by Gasteiger charge is 2.15. The van der Waals surface area contributed by atoms with Crippen LogP contribution in [-0.4, -0.2) is 23.5 Å². The van der Waals surface area contributed by atoms with Crippen LogP contribution in [0.5, 0.6) is 0 Å². The highest BCUT2D eigenvalue weighted by atomic mass is 15.1. The molecular weight excluding hydrogens is 184 g/mol. The minimum atomic E-state index is 1.03. The highest BCUT2D eigenvalue weighted by Crippen LogP contribution is 2.10. The molecule has 2 rings (SSSR count). The molecule has 2 nitrogen and oxygen atoms in total. The molecule has 80 valence electrons. The molecule has 0 aromatic carbocycles. The number of hydrogen-bond donors (Lipinski definition) is 1. The predicted molar refractivity (Wildman–Crippen MR) is 64.9 cm³/mol. The lowest BCUT2D eigenvalue weighted by Crippen LogP contribution is -2.30. The summed E-state index contributed by atoms with van der Waals surface area (Å²) in [6.07, 6.45) is 7.24. The smallest absolute Gasteiger partial charge is 0.0415 e. The van der Waals surface area contributed by atoms with Crippen LogP contribution >= 0.6 is 0 Å². The number of aromatic amines is 1. The molecule has 0 saturated heterocycles. The van der Waals surface area contributed by atoms with Crippen LogP contribution in [0, 0.1) is 0 Å². The molecule has 0 unspecified atom stereocenters. The zero-order valence-corrected chi connectivity index (χ0v) is 9.51. The number of allylic oxidation sites excluding steroid dienone is 1. The lowest BCUT2D eigenvalue weighted by atomic mass is 10.1. The second-order valence-electron chi connectivity index (χ2n) is 4.09. The van der Waals surface area contributed by atoms with E-state index in [4.69, 9.17) is 0 Å². The third kappa shape index (κ3) is 1.77. The normalized spacial score (nSPS) is 19.3. The summed E-state index contributed by atoms with van der Waals surface area (Å²) in [4.78, 5) is 5.83. The van der Waals surface area contributed by atoms with E-state index in [1.807, 2.05) is 6.08 Å². The standard InChI is InChI=1S/C13H18N2/c1-4-6-10-11-7-8-15(3)9-13(11)14-12(10)5-2/h4-6,14H,1,7-9H2,2-3H3/b10-6-,12-5+. The van der Waals surface area contributed by atoms with Crippen LogP contribution in [0.2, 0.25) is 0 Å². The van der Waals surface area contributed by atoms with E-state index in [-0.39, 0.29) is 0 Å². The molecule has 2 heteroatoms. The summed E-state index contributed by atoms with van der Waals surface area (Å²) in [5, 5.41) is 2.56. The number of nitrogens with zero attached hydrogens (tertiary/aromatic N) is 1. The van der Waals surface area contributed by atoms with Gasteiger partial charge in [-0.3, -0.25) is 0 Å². The van der Waals surface area contributed by atoms with Crippen molar-refractivity contribution in [2.75, 3.05) is 13.6 Å². The van der Waals surface area contributed by atoms with Crippen molar-refractivity contribution in [2.45, 2.75) is 19.9 Å². The van der Waals surface area contributed by atoms with Crippen molar-refractivity contribution in [3.63, 3.8) is 0 Å². The van der Waals surface area contributed by atoms with Gasteiger partial charge in [-0.1, -0.05) is 24.8 Å². The summed E-state index contributed by atoms with van der Waals surface area (Å²) >= 11 is 0. The van der Waals surface area contributed by atoms with Gasteiger partial charge in [-0.15, -0.1) is 0 Å².